The van der Waals surface area contributed by atoms with Crippen LogP contribution in [0.25, 0.3) is 43.2 Å². The molecule has 0 aliphatic carbocycles. The Kier molecular flexibility index (Phi) is 8.49. The molecule has 0 radical (unpaired) electrons. The first-order chi connectivity index (χ1) is 22.5. The zero-order valence-electron chi connectivity index (χ0n) is 23.3. The summed E-state index contributed by atoms with van der Waals surface area (Å²) in [5.41, 5.74) is 29.5. The fourth-order valence-electron chi connectivity index (χ4n) is 5.13. The van der Waals surface area contributed by atoms with Crippen LogP contribution in [0.2, 0.25) is 0 Å². The Balaban J connectivity index is 1.24. The first-order valence-corrected chi connectivity index (χ1v) is 14.6. The molecule has 0 amide bonds. The second kappa shape index (κ2) is 12.4. The van der Waals surface area contributed by atoms with E-state index < -0.39 is 76.1 Å². The highest BCUT2D eigenvalue weighted by Gasteiger charge is 2.49. The Morgan fingerprint density at radius 1 is 0.894 bits per heavy atom. The summed E-state index contributed by atoms with van der Waals surface area (Å²) >= 11 is 0. The Bertz CT molecular complexity index is 1980. The van der Waals surface area contributed by atoms with Gasteiger partial charge in [-0.3, -0.25) is 13.7 Å². The molecule has 2 aliphatic rings. The minimum atomic E-state index is -5.46. The predicted molar refractivity (Wildman–Crippen MR) is 148 cm³/mol. The number of rotatable bonds is 10. The average molecular weight is 677 g/mol. The lowest BCUT2D eigenvalue weighted by Gasteiger charge is -2.31. The van der Waals surface area contributed by atoms with Crippen molar-refractivity contribution in [3.63, 3.8) is 0 Å². The Labute approximate surface area is 259 Å². The number of nitrogen functional groups attached to an aromatic ring is 2. The van der Waals surface area contributed by atoms with Crippen LogP contribution in [0.4, 0.5) is 23.5 Å². The van der Waals surface area contributed by atoms with Crippen LogP contribution >= 0.6 is 7.82 Å². The van der Waals surface area contributed by atoms with Crippen LogP contribution in [0, 0.1) is 0 Å². The van der Waals surface area contributed by atoms with Crippen LogP contribution < -0.4 is 16.4 Å². The average Bonchev–Trinajstić information content (AvgIpc) is 3.75. The maximum absolute atomic E-state index is 13.1. The van der Waals surface area contributed by atoms with Crippen molar-refractivity contribution in [2.24, 2.45) is 10.2 Å². The van der Waals surface area contributed by atoms with E-state index in [1.54, 1.807) is 0 Å². The number of ether oxygens (including phenoxy) is 2. The van der Waals surface area contributed by atoms with Crippen LogP contribution in [-0.2, 0) is 23.1 Å². The van der Waals surface area contributed by atoms with Gasteiger partial charge in [-0.05, 0) is 21.3 Å². The van der Waals surface area contributed by atoms with Gasteiger partial charge in [-0.2, -0.15) is 0 Å². The first-order valence-electron chi connectivity index (χ1n) is 13.2. The molecule has 4 aromatic heterocycles. The number of nitrogens with two attached hydrogens (primary N) is 2. The third-order valence-electron chi connectivity index (χ3n) is 7.23. The number of hydrogen-bond donors (Lipinski definition) is 6. The molecule has 2 saturated heterocycles. The topological polar surface area (TPSA) is 395 Å². The molecule has 26 nitrogen and oxygen atoms in total. The van der Waals surface area contributed by atoms with Crippen LogP contribution in [0.15, 0.2) is 22.9 Å². The second-order valence-electron chi connectivity index (χ2n) is 9.90. The quantitative estimate of drug-likeness (QED) is 0.0479. The van der Waals surface area contributed by atoms with Crippen LogP contribution in [0.5, 0.6) is 0 Å². The van der Waals surface area contributed by atoms with E-state index in [0.717, 1.165) is 21.8 Å². The van der Waals surface area contributed by atoms with Crippen LogP contribution in [0.1, 0.15) is 12.5 Å². The highest BCUT2D eigenvalue weighted by molar-refractivity contribution is 7.45. The lowest BCUT2D eigenvalue weighted by atomic mass is 10.1. The van der Waals surface area contributed by atoms with E-state index in [1.807, 2.05) is 0 Å². The van der Waals surface area contributed by atoms with Crippen molar-refractivity contribution in [3.8, 4) is 0 Å². The number of aliphatic hydroxyl groups is 4. The lowest BCUT2D eigenvalue weighted by molar-refractivity contribution is -0.237. The number of aliphatic hydroxyl groups excluding tert-OH is 4. The molecule has 0 saturated carbocycles. The van der Waals surface area contributed by atoms with E-state index in [2.05, 4.69) is 50.0 Å². The van der Waals surface area contributed by atoms with Crippen molar-refractivity contribution < 1.29 is 48.4 Å². The Morgan fingerprint density at radius 2 is 1.43 bits per heavy atom. The number of aromatic nitrogens is 8. The molecular formula is C20H22N16O10P-. The number of phosphoric acid groups is 1. The minimum absolute atomic E-state index is 0.00568. The number of hydrogen-bond acceptors (Lipinski definition) is 20. The summed E-state index contributed by atoms with van der Waals surface area (Å²) in [6.07, 6.45) is -11.1. The van der Waals surface area contributed by atoms with Gasteiger partial charge in [0.2, 0.25) is 11.9 Å². The van der Waals surface area contributed by atoms with E-state index in [0.29, 0.717) is 0 Å². The third kappa shape index (κ3) is 5.61. The number of nitrogens with zero attached hydrogens (tertiary/aromatic N) is 14. The molecular weight excluding hydrogens is 655 g/mol. The van der Waals surface area contributed by atoms with E-state index in [9.17, 15) is 29.9 Å². The number of phosphoric ester groups is 1. The Hall–Kier alpha value is -4.81. The fourth-order valence-corrected chi connectivity index (χ4v) is 6.05. The molecule has 9 atom stereocenters. The largest absolute Gasteiger partial charge is 0.756 e. The van der Waals surface area contributed by atoms with E-state index in [-0.39, 0.29) is 39.9 Å². The minimum Gasteiger partial charge on any atom is -0.756 e. The van der Waals surface area contributed by atoms with Crippen LogP contribution in [-0.4, -0.2) is 109 Å². The monoisotopic (exact) mass is 677 g/mol. The molecule has 2 fully saturated rings. The van der Waals surface area contributed by atoms with Gasteiger partial charge in [-0.15, -0.1) is 0 Å². The second-order valence-corrected chi connectivity index (χ2v) is 11.3. The van der Waals surface area contributed by atoms with Gasteiger partial charge in [0.05, 0.1) is 13.2 Å². The zero-order valence-corrected chi connectivity index (χ0v) is 24.2. The molecule has 27 heteroatoms. The maximum Gasteiger partial charge on any atom is 0.268 e. The van der Waals surface area contributed by atoms with Gasteiger partial charge in [0.25, 0.3) is 7.82 Å². The molecule has 248 valence electrons. The van der Waals surface area contributed by atoms with Gasteiger partial charge in [0, 0.05) is 9.82 Å². The summed E-state index contributed by atoms with van der Waals surface area (Å²) in [5, 5.41) is 48.9. The molecule has 6 heterocycles. The molecule has 9 unspecified atom stereocenters. The van der Waals surface area contributed by atoms with Gasteiger partial charge < -0.3 is 55.3 Å². The standard InChI is InChI=1S/C20H23N16O10P/c21-13-7-15(27-3-25-13)35(19(29-7)31-33-23)17-11(40)9(38)6(45-17)2-43-47(41,42)46-12-10(39)5(1-37)44-18(12)36-16-8(14(22)26-4-28-16)30-20(36)32-34-24/h3-6,9-12,17-18,37-40H,1-2H2,(H,41,42)(H2,21,25,27)(H2,22,26,28)/p-1. The lowest BCUT2D eigenvalue weighted by Crippen LogP contribution is -2.37. The summed E-state index contributed by atoms with van der Waals surface area (Å²) in [4.78, 5) is 42.1. The van der Waals surface area contributed by atoms with Gasteiger partial charge in [-0.25, -0.2) is 29.9 Å². The summed E-state index contributed by atoms with van der Waals surface area (Å²) in [7, 11) is -5.46. The van der Waals surface area contributed by atoms with Gasteiger partial charge >= 0.3 is 0 Å². The highest BCUT2D eigenvalue weighted by Crippen LogP contribution is 2.48. The molecule has 8 N–H and O–H groups in total. The van der Waals surface area contributed by atoms with E-state index in [1.165, 1.54) is 0 Å². The summed E-state index contributed by atoms with van der Waals surface area (Å²) in [6.45, 7) is -1.73. The van der Waals surface area contributed by atoms with Gasteiger partial charge in [0.1, 0.15) is 49.3 Å². The van der Waals surface area contributed by atoms with Crippen molar-refractivity contribution in [1.82, 2.24) is 39.0 Å². The summed E-state index contributed by atoms with van der Waals surface area (Å²) in [6, 6.07) is 0. The van der Waals surface area contributed by atoms with Crippen molar-refractivity contribution in [2.45, 2.75) is 49.1 Å². The number of azide groups is 2. The molecule has 0 spiro atoms. The maximum atomic E-state index is 13.1. The number of imidazole rings is 2. The van der Waals surface area contributed by atoms with Crippen molar-refractivity contribution in [2.75, 3.05) is 24.7 Å². The molecule has 2 aliphatic heterocycles. The van der Waals surface area contributed by atoms with Gasteiger partial charge in [-0.1, -0.05) is 0 Å². The smallest absolute Gasteiger partial charge is 0.268 e. The van der Waals surface area contributed by atoms with E-state index >= 15 is 0 Å². The SMILES string of the molecule is [N-]=[N+]=Nc1nc2c(N)ncnc2n1C1OC(COP(=O)([O-])OC2C(O)C(CO)OC2n2c(N=[N+]=[N-])nc3c(N)ncnc32)C(O)C1O. The number of fused-ring (bicyclic) bond motifs is 2. The highest BCUT2D eigenvalue weighted by atomic mass is 31.2. The predicted octanol–water partition coefficient (Wildman–Crippen LogP) is -1.55. The van der Waals surface area contributed by atoms with Crippen molar-refractivity contribution in [3.05, 3.63) is 33.5 Å². The molecule has 0 aromatic carbocycles. The first kappa shape index (κ1) is 32.1. The molecule has 4 aromatic rings. The normalized spacial score (nSPS) is 28.7. The summed E-state index contributed by atoms with van der Waals surface area (Å²) < 4.78 is 36.5. The van der Waals surface area contributed by atoms with Crippen LogP contribution in [0.3, 0.4) is 0 Å². The van der Waals surface area contributed by atoms with Crippen molar-refractivity contribution in [1.29, 1.82) is 0 Å². The van der Waals surface area contributed by atoms with Gasteiger partial charge in [0.15, 0.2) is 46.4 Å². The molecule has 6 rings (SSSR count). The molecule has 47 heavy (non-hydrogen) atoms. The zero-order chi connectivity index (χ0) is 33.6. The Morgan fingerprint density at radius 3 is 1.96 bits per heavy atom. The van der Waals surface area contributed by atoms with E-state index in [4.69, 9.17) is 41.1 Å². The fraction of sp³-hybridized carbons (Fsp3) is 0.500. The third-order valence-corrected chi connectivity index (χ3v) is 8.20. The number of anilines is 2. The molecule has 0 bridgehead atoms. The van der Waals surface area contributed by atoms with Crippen molar-refractivity contribution >= 4 is 53.7 Å². The summed E-state index contributed by atoms with van der Waals surface area (Å²) in [5.74, 6) is -0.990.